The normalized spacial score (nSPS) is 11.0. The quantitative estimate of drug-likeness (QED) is 0.767. The minimum atomic E-state index is 0.688. The van der Waals surface area contributed by atoms with Crippen LogP contribution in [0.1, 0.15) is 25.0 Å². The Bertz CT molecular complexity index is 458. The average Bonchev–Trinajstić information content (AvgIpc) is 2.42. The van der Waals surface area contributed by atoms with Crippen LogP contribution < -0.4 is 0 Å². The van der Waals surface area contributed by atoms with Crippen molar-refractivity contribution in [2.24, 2.45) is 0 Å². The fourth-order valence-electron chi connectivity index (χ4n) is 1.96. The maximum absolute atomic E-state index is 5.43. The van der Waals surface area contributed by atoms with Crippen LogP contribution in [0.15, 0.2) is 36.4 Å². The summed E-state index contributed by atoms with van der Waals surface area (Å²) in [6, 6.07) is 12.9. The van der Waals surface area contributed by atoms with Crippen LogP contribution in [0.4, 0.5) is 0 Å². The minimum Gasteiger partial charge on any atom is -0.377 e. The van der Waals surface area contributed by atoms with Crippen LogP contribution in [0.5, 0.6) is 0 Å². The lowest BCUT2D eigenvalue weighted by Gasteiger charge is -2.06. The Balaban J connectivity index is 2.19. The molecule has 0 aromatic heterocycles. The summed E-state index contributed by atoms with van der Waals surface area (Å²) in [4.78, 5) is 0. The first-order chi connectivity index (χ1) is 8.83. The fourth-order valence-corrected chi connectivity index (χ4v) is 1.96. The molecule has 2 heteroatoms. The molecule has 96 valence electrons. The zero-order chi connectivity index (χ0) is 12.8. The molecule has 2 nitrogen and oxygen atoms in total. The number of fused-ring (bicyclic) bond motifs is 1. The van der Waals surface area contributed by atoms with E-state index in [2.05, 4.69) is 36.4 Å². The van der Waals surface area contributed by atoms with E-state index in [1.807, 2.05) is 13.8 Å². The molecule has 2 aromatic carbocycles. The molecule has 0 heterocycles. The molecular formula is C16H20O2. The Morgan fingerprint density at radius 2 is 1.17 bits per heavy atom. The largest absolute Gasteiger partial charge is 0.377 e. The molecule has 0 saturated heterocycles. The molecule has 0 aliphatic heterocycles. The summed E-state index contributed by atoms with van der Waals surface area (Å²) in [5.41, 5.74) is 2.45. The fraction of sp³-hybridized carbons (Fsp3) is 0.375. The SMILES string of the molecule is CCOCc1ccc2cc(COCC)ccc2c1. The van der Waals surface area contributed by atoms with Gasteiger partial charge in [0.1, 0.15) is 0 Å². The number of ether oxygens (including phenoxy) is 2. The third-order valence-electron chi connectivity index (χ3n) is 2.91. The smallest absolute Gasteiger partial charge is 0.0716 e. The molecule has 0 N–H and O–H groups in total. The highest BCUT2D eigenvalue weighted by Gasteiger charge is 1.99. The number of rotatable bonds is 6. The third kappa shape index (κ3) is 3.31. The first-order valence-electron chi connectivity index (χ1n) is 6.50. The molecule has 0 aliphatic carbocycles. The van der Waals surface area contributed by atoms with Gasteiger partial charge in [0.2, 0.25) is 0 Å². The Hall–Kier alpha value is -1.38. The van der Waals surface area contributed by atoms with Crippen LogP contribution in [0, 0.1) is 0 Å². The van der Waals surface area contributed by atoms with Gasteiger partial charge in [0.25, 0.3) is 0 Å². The van der Waals surface area contributed by atoms with Gasteiger partial charge in [-0.15, -0.1) is 0 Å². The number of hydrogen-bond acceptors (Lipinski definition) is 2. The Morgan fingerprint density at radius 1 is 0.722 bits per heavy atom. The molecule has 0 amide bonds. The molecule has 0 spiro atoms. The van der Waals surface area contributed by atoms with E-state index >= 15 is 0 Å². The number of benzene rings is 2. The van der Waals surface area contributed by atoms with Gasteiger partial charge in [0.05, 0.1) is 13.2 Å². The molecule has 2 rings (SSSR count). The lowest BCUT2D eigenvalue weighted by molar-refractivity contribution is 0.134. The van der Waals surface area contributed by atoms with Gasteiger partial charge in [0, 0.05) is 13.2 Å². The van der Waals surface area contributed by atoms with E-state index in [4.69, 9.17) is 9.47 Å². The van der Waals surface area contributed by atoms with E-state index in [-0.39, 0.29) is 0 Å². The molecule has 0 fully saturated rings. The van der Waals surface area contributed by atoms with Crippen LogP contribution in [0.3, 0.4) is 0 Å². The minimum absolute atomic E-state index is 0.688. The molecule has 0 aliphatic rings. The van der Waals surface area contributed by atoms with Crippen molar-refractivity contribution in [1.29, 1.82) is 0 Å². The number of hydrogen-bond donors (Lipinski definition) is 0. The van der Waals surface area contributed by atoms with Crippen molar-refractivity contribution in [2.75, 3.05) is 13.2 Å². The predicted octanol–water partition coefficient (Wildman–Crippen LogP) is 3.91. The first kappa shape index (κ1) is 13.1. The van der Waals surface area contributed by atoms with E-state index in [0.717, 1.165) is 13.2 Å². The monoisotopic (exact) mass is 244 g/mol. The second kappa shape index (κ2) is 6.53. The van der Waals surface area contributed by atoms with Crippen molar-refractivity contribution >= 4 is 10.8 Å². The Kier molecular flexibility index (Phi) is 4.73. The molecule has 0 saturated carbocycles. The van der Waals surface area contributed by atoms with Gasteiger partial charge >= 0.3 is 0 Å². The van der Waals surface area contributed by atoms with E-state index in [0.29, 0.717) is 13.2 Å². The average molecular weight is 244 g/mol. The molecule has 0 atom stereocenters. The van der Waals surface area contributed by atoms with Gasteiger partial charge in [-0.05, 0) is 47.9 Å². The topological polar surface area (TPSA) is 18.5 Å². The second-order valence-electron chi connectivity index (χ2n) is 4.29. The van der Waals surface area contributed by atoms with Gasteiger partial charge < -0.3 is 9.47 Å². The molecule has 0 radical (unpaired) electrons. The summed E-state index contributed by atoms with van der Waals surface area (Å²) in [7, 11) is 0. The Morgan fingerprint density at radius 3 is 1.56 bits per heavy atom. The van der Waals surface area contributed by atoms with Crippen LogP contribution in [0.2, 0.25) is 0 Å². The van der Waals surface area contributed by atoms with E-state index < -0.39 is 0 Å². The van der Waals surface area contributed by atoms with Gasteiger partial charge in [-0.1, -0.05) is 24.3 Å². The van der Waals surface area contributed by atoms with Crippen molar-refractivity contribution in [3.8, 4) is 0 Å². The highest BCUT2D eigenvalue weighted by atomic mass is 16.5. The standard InChI is InChI=1S/C16H20O2/c1-3-17-11-13-5-7-16-10-14(12-18-4-2)6-8-15(16)9-13/h5-10H,3-4,11-12H2,1-2H3. The van der Waals surface area contributed by atoms with Crippen LogP contribution in [-0.4, -0.2) is 13.2 Å². The zero-order valence-electron chi connectivity index (χ0n) is 11.1. The molecule has 0 unspecified atom stereocenters. The summed E-state index contributed by atoms with van der Waals surface area (Å²) in [5.74, 6) is 0. The third-order valence-corrected chi connectivity index (χ3v) is 2.91. The second-order valence-corrected chi connectivity index (χ2v) is 4.29. The maximum Gasteiger partial charge on any atom is 0.0716 e. The van der Waals surface area contributed by atoms with Gasteiger partial charge in [-0.3, -0.25) is 0 Å². The summed E-state index contributed by atoms with van der Waals surface area (Å²) >= 11 is 0. The van der Waals surface area contributed by atoms with Crippen LogP contribution >= 0.6 is 0 Å². The lowest BCUT2D eigenvalue weighted by Crippen LogP contribution is -1.93. The molecule has 0 bridgehead atoms. The van der Waals surface area contributed by atoms with Gasteiger partial charge in [0.15, 0.2) is 0 Å². The van der Waals surface area contributed by atoms with E-state index in [1.165, 1.54) is 21.9 Å². The summed E-state index contributed by atoms with van der Waals surface area (Å²) in [6.45, 7) is 6.92. The summed E-state index contributed by atoms with van der Waals surface area (Å²) < 4.78 is 10.9. The summed E-state index contributed by atoms with van der Waals surface area (Å²) in [6.07, 6.45) is 0. The van der Waals surface area contributed by atoms with Crippen LogP contribution in [0.25, 0.3) is 10.8 Å². The van der Waals surface area contributed by atoms with Crippen molar-refractivity contribution in [1.82, 2.24) is 0 Å². The lowest BCUT2D eigenvalue weighted by atomic mass is 10.0. The first-order valence-corrected chi connectivity index (χ1v) is 6.50. The van der Waals surface area contributed by atoms with Crippen molar-refractivity contribution in [3.05, 3.63) is 47.5 Å². The maximum atomic E-state index is 5.43. The Labute approximate surface area is 109 Å². The van der Waals surface area contributed by atoms with E-state index in [1.54, 1.807) is 0 Å². The molecule has 2 aromatic rings. The van der Waals surface area contributed by atoms with Crippen LogP contribution in [-0.2, 0) is 22.7 Å². The summed E-state index contributed by atoms with van der Waals surface area (Å²) in [5, 5.41) is 2.51. The van der Waals surface area contributed by atoms with E-state index in [9.17, 15) is 0 Å². The highest BCUT2D eigenvalue weighted by molar-refractivity contribution is 5.83. The van der Waals surface area contributed by atoms with Crippen molar-refractivity contribution < 1.29 is 9.47 Å². The van der Waals surface area contributed by atoms with Crippen molar-refractivity contribution in [3.63, 3.8) is 0 Å². The highest BCUT2D eigenvalue weighted by Crippen LogP contribution is 2.19. The van der Waals surface area contributed by atoms with Gasteiger partial charge in [-0.2, -0.15) is 0 Å². The van der Waals surface area contributed by atoms with Crippen molar-refractivity contribution in [2.45, 2.75) is 27.1 Å². The predicted molar refractivity (Wildman–Crippen MR) is 74.6 cm³/mol. The van der Waals surface area contributed by atoms with Gasteiger partial charge in [-0.25, -0.2) is 0 Å². The molecular weight excluding hydrogens is 224 g/mol. The zero-order valence-corrected chi connectivity index (χ0v) is 11.1. The molecule has 18 heavy (non-hydrogen) atoms.